The minimum absolute atomic E-state index is 0.207. The molecule has 0 bridgehead atoms. The zero-order valence-corrected chi connectivity index (χ0v) is 11.7. The molecule has 0 spiro atoms. The van der Waals surface area contributed by atoms with Gasteiger partial charge < -0.3 is 0 Å². The number of hydrogen-bond acceptors (Lipinski definition) is 2. The lowest BCUT2D eigenvalue weighted by molar-refractivity contribution is 0.628. The van der Waals surface area contributed by atoms with Crippen LogP contribution in [0.5, 0.6) is 0 Å². The first kappa shape index (κ1) is 12.5. The average Bonchev–Trinajstić information content (AvgIpc) is 2.90. The van der Waals surface area contributed by atoms with E-state index >= 15 is 0 Å². The van der Waals surface area contributed by atoms with Crippen LogP contribution in [0.4, 0.5) is 4.39 Å². The zero-order chi connectivity index (χ0) is 13.2. The molecule has 0 saturated heterocycles. The van der Waals surface area contributed by atoms with Crippen molar-refractivity contribution in [2.75, 3.05) is 0 Å². The molecule has 3 rings (SSSR count). The molecule has 0 fully saturated rings. The van der Waals surface area contributed by atoms with E-state index in [1.807, 2.05) is 24.3 Å². The van der Waals surface area contributed by atoms with Crippen LogP contribution in [-0.4, -0.2) is 0 Å². The molecule has 0 saturated carbocycles. The summed E-state index contributed by atoms with van der Waals surface area (Å²) in [5.74, 6) is -0.207. The van der Waals surface area contributed by atoms with Gasteiger partial charge in [0.25, 0.3) is 0 Å². The number of rotatable bonds is 2. The Kier molecular flexibility index (Phi) is 3.40. The Morgan fingerprint density at radius 2 is 1.42 bits per heavy atom. The predicted octanol–water partition coefficient (Wildman–Crippen LogP) is 5.51. The van der Waals surface area contributed by atoms with Crippen LogP contribution in [0.15, 0.2) is 64.9 Å². The smallest absolute Gasteiger partial charge is 0.123 e. The summed E-state index contributed by atoms with van der Waals surface area (Å²) in [6.07, 6.45) is 0. The highest BCUT2D eigenvalue weighted by molar-refractivity contribution is 7.80. The molecule has 0 nitrogen and oxygen atoms in total. The van der Waals surface area contributed by atoms with Gasteiger partial charge in [0.05, 0.1) is 0 Å². The van der Waals surface area contributed by atoms with Crippen molar-refractivity contribution in [3.63, 3.8) is 0 Å². The van der Waals surface area contributed by atoms with Gasteiger partial charge in [-0.05, 0) is 46.8 Å². The molecular formula is C16H11FS2. The van der Waals surface area contributed by atoms with Crippen LogP contribution in [0, 0.1) is 5.82 Å². The second-order valence-electron chi connectivity index (χ2n) is 4.22. The van der Waals surface area contributed by atoms with Crippen molar-refractivity contribution < 1.29 is 4.39 Å². The molecule has 19 heavy (non-hydrogen) atoms. The first-order chi connectivity index (χ1) is 9.24. The fraction of sp³-hybridized carbons (Fsp3) is 0. The molecular weight excluding hydrogens is 275 g/mol. The first-order valence-corrected chi connectivity index (χ1v) is 7.19. The minimum atomic E-state index is -0.207. The summed E-state index contributed by atoms with van der Waals surface area (Å²) >= 11 is 5.96. The Morgan fingerprint density at radius 3 is 2.11 bits per heavy atom. The van der Waals surface area contributed by atoms with Crippen LogP contribution in [0.2, 0.25) is 0 Å². The Hall–Kier alpha value is -1.58. The Morgan fingerprint density at radius 1 is 0.789 bits per heavy atom. The SMILES string of the molecule is Fc1ccc(-c2sccc2-c2ccc(S)cc2)cc1. The van der Waals surface area contributed by atoms with Crippen LogP contribution >= 0.6 is 24.0 Å². The largest absolute Gasteiger partial charge is 0.207 e. The topological polar surface area (TPSA) is 0 Å². The molecule has 1 heterocycles. The molecule has 3 heteroatoms. The minimum Gasteiger partial charge on any atom is -0.207 e. The van der Waals surface area contributed by atoms with Gasteiger partial charge in [0.2, 0.25) is 0 Å². The van der Waals surface area contributed by atoms with Crippen molar-refractivity contribution in [3.8, 4) is 21.6 Å². The van der Waals surface area contributed by atoms with Crippen LogP contribution in [-0.2, 0) is 0 Å². The van der Waals surface area contributed by atoms with E-state index in [0.29, 0.717) is 0 Å². The molecule has 0 aliphatic rings. The molecule has 0 aliphatic heterocycles. The molecule has 2 aromatic carbocycles. The number of hydrogen-bond donors (Lipinski definition) is 1. The van der Waals surface area contributed by atoms with Crippen molar-refractivity contribution in [3.05, 3.63) is 65.8 Å². The van der Waals surface area contributed by atoms with E-state index in [0.717, 1.165) is 20.9 Å². The number of thiophene rings is 1. The van der Waals surface area contributed by atoms with Crippen molar-refractivity contribution in [2.24, 2.45) is 0 Å². The third kappa shape index (κ3) is 2.57. The number of halogens is 1. The van der Waals surface area contributed by atoms with Crippen molar-refractivity contribution in [1.82, 2.24) is 0 Å². The standard InChI is InChI=1S/C16H11FS2/c17-13-5-1-12(2-6-13)16-15(9-10-19-16)11-3-7-14(18)8-4-11/h1-10,18H. The lowest BCUT2D eigenvalue weighted by atomic mass is 10.0. The first-order valence-electron chi connectivity index (χ1n) is 5.87. The number of thiol groups is 1. The highest BCUT2D eigenvalue weighted by atomic mass is 32.1. The van der Waals surface area contributed by atoms with Crippen LogP contribution < -0.4 is 0 Å². The zero-order valence-electron chi connectivity index (χ0n) is 10.0. The third-order valence-corrected chi connectivity index (χ3v) is 4.21. The van der Waals surface area contributed by atoms with E-state index in [1.54, 1.807) is 11.3 Å². The highest BCUT2D eigenvalue weighted by Crippen LogP contribution is 2.36. The van der Waals surface area contributed by atoms with E-state index in [4.69, 9.17) is 0 Å². The fourth-order valence-corrected chi connectivity index (χ4v) is 3.08. The maximum absolute atomic E-state index is 13.0. The molecule has 0 N–H and O–H groups in total. The van der Waals surface area contributed by atoms with Crippen LogP contribution in [0.1, 0.15) is 0 Å². The lowest BCUT2D eigenvalue weighted by Crippen LogP contribution is -1.80. The quantitative estimate of drug-likeness (QED) is 0.590. The predicted molar refractivity (Wildman–Crippen MR) is 82.4 cm³/mol. The van der Waals surface area contributed by atoms with E-state index in [9.17, 15) is 4.39 Å². The van der Waals surface area contributed by atoms with Gasteiger partial charge in [-0.2, -0.15) is 0 Å². The van der Waals surface area contributed by atoms with Crippen molar-refractivity contribution in [2.45, 2.75) is 4.90 Å². The Labute approximate surface area is 121 Å². The van der Waals surface area contributed by atoms with Gasteiger partial charge in [0, 0.05) is 15.3 Å². The van der Waals surface area contributed by atoms with E-state index < -0.39 is 0 Å². The molecule has 3 aromatic rings. The summed E-state index contributed by atoms with van der Waals surface area (Å²) in [7, 11) is 0. The van der Waals surface area contributed by atoms with E-state index in [1.165, 1.54) is 17.7 Å². The molecule has 0 unspecified atom stereocenters. The molecule has 0 amide bonds. The Bertz CT molecular complexity index is 622. The van der Waals surface area contributed by atoms with Gasteiger partial charge in [-0.3, -0.25) is 0 Å². The lowest BCUT2D eigenvalue weighted by Gasteiger charge is -2.05. The molecule has 0 radical (unpaired) electrons. The van der Waals surface area contributed by atoms with Crippen LogP contribution in [0.25, 0.3) is 21.6 Å². The summed E-state index contributed by atoms with van der Waals surface area (Å²) in [5, 5.41) is 2.06. The molecule has 0 atom stereocenters. The van der Waals surface area contributed by atoms with Gasteiger partial charge in [-0.15, -0.1) is 24.0 Å². The summed E-state index contributed by atoms with van der Waals surface area (Å²) < 4.78 is 13.0. The molecule has 0 aliphatic carbocycles. The summed E-state index contributed by atoms with van der Waals surface area (Å²) in [6.45, 7) is 0. The molecule has 1 aromatic heterocycles. The summed E-state index contributed by atoms with van der Waals surface area (Å²) in [6, 6.07) is 16.8. The normalized spacial score (nSPS) is 10.6. The second kappa shape index (κ2) is 5.19. The highest BCUT2D eigenvalue weighted by Gasteiger charge is 2.09. The van der Waals surface area contributed by atoms with E-state index in [-0.39, 0.29) is 5.82 Å². The number of benzene rings is 2. The van der Waals surface area contributed by atoms with E-state index in [2.05, 4.69) is 36.2 Å². The maximum atomic E-state index is 13.0. The second-order valence-corrected chi connectivity index (χ2v) is 5.65. The van der Waals surface area contributed by atoms with Crippen molar-refractivity contribution in [1.29, 1.82) is 0 Å². The van der Waals surface area contributed by atoms with Crippen LogP contribution in [0.3, 0.4) is 0 Å². The van der Waals surface area contributed by atoms with Gasteiger partial charge in [-0.25, -0.2) is 4.39 Å². The Balaban J connectivity index is 2.07. The summed E-state index contributed by atoms with van der Waals surface area (Å²) in [4.78, 5) is 2.11. The summed E-state index contributed by atoms with van der Waals surface area (Å²) in [5.41, 5.74) is 3.37. The van der Waals surface area contributed by atoms with Gasteiger partial charge in [0.1, 0.15) is 5.82 Å². The van der Waals surface area contributed by atoms with Crippen molar-refractivity contribution >= 4 is 24.0 Å². The maximum Gasteiger partial charge on any atom is 0.123 e. The van der Waals surface area contributed by atoms with Gasteiger partial charge in [-0.1, -0.05) is 24.3 Å². The fourth-order valence-electron chi connectivity index (χ4n) is 2.00. The monoisotopic (exact) mass is 286 g/mol. The van der Waals surface area contributed by atoms with Gasteiger partial charge in [0.15, 0.2) is 0 Å². The average molecular weight is 286 g/mol. The van der Waals surface area contributed by atoms with Gasteiger partial charge >= 0.3 is 0 Å². The molecule has 94 valence electrons. The third-order valence-electron chi connectivity index (χ3n) is 2.95.